The Labute approximate surface area is 144 Å². The lowest BCUT2D eigenvalue weighted by Crippen LogP contribution is -2.53. The first-order chi connectivity index (χ1) is 9.19. The summed E-state index contributed by atoms with van der Waals surface area (Å²) in [5, 5.41) is 14.3. The van der Waals surface area contributed by atoms with Gasteiger partial charge in [-0.25, -0.2) is 0 Å². The molecule has 1 heterocycles. The van der Waals surface area contributed by atoms with Crippen LogP contribution in [0.5, 0.6) is 0 Å². The van der Waals surface area contributed by atoms with E-state index in [0.717, 1.165) is 44.2 Å². The summed E-state index contributed by atoms with van der Waals surface area (Å²) < 4.78 is 0. The number of aliphatic imine (C=N–C) groups is 1. The van der Waals surface area contributed by atoms with Gasteiger partial charge in [-0.2, -0.15) is 11.8 Å². The molecule has 2 unspecified atom stereocenters. The zero-order valence-corrected chi connectivity index (χ0v) is 15.7. The molecule has 0 amide bonds. The average molecular weight is 413 g/mol. The third-order valence-electron chi connectivity index (χ3n) is 4.05. The summed E-state index contributed by atoms with van der Waals surface area (Å²) in [4.78, 5) is 7.00. The van der Waals surface area contributed by atoms with Gasteiger partial charge in [0.2, 0.25) is 0 Å². The Morgan fingerprint density at radius 1 is 1.40 bits per heavy atom. The predicted octanol–water partition coefficient (Wildman–Crippen LogP) is 2.31. The van der Waals surface area contributed by atoms with Crippen LogP contribution in [0.15, 0.2) is 4.99 Å². The van der Waals surface area contributed by atoms with Crippen molar-refractivity contribution in [2.24, 2.45) is 4.99 Å². The number of nitrogens with zero attached hydrogens (tertiary/aromatic N) is 2. The van der Waals surface area contributed by atoms with E-state index in [-0.39, 0.29) is 24.0 Å². The lowest BCUT2D eigenvalue weighted by Gasteiger charge is -2.44. The molecule has 0 aromatic carbocycles. The number of halogens is 1. The third kappa shape index (κ3) is 4.40. The highest BCUT2D eigenvalue weighted by molar-refractivity contribution is 14.0. The topological polar surface area (TPSA) is 47.9 Å². The molecule has 2 fully saturated rings. The highest BCUT2D eigenvalue weighted by Crippen LogP contribution is 2.41. The molecular weight excluding hydrogens is 385 g/mol. The molecule has 0 radical (unpaired) electrons. The van der Waals surface area contributed by atoms with Crippen molar-refractivity contribution in [2.75, 3.05) is 31.9 Å². The molecule has 118 valence electrons. The summed E-state index contributed by atoms with van der Waals surface area (Å²) in [6.07, 6.45) is 4.53. The molecule has 2 atom stereocenters. The highest BCUT2D eigenvalue weighted by atomic mass is 127. The lowest BCUT2D eigenvalue weighted by atomic mass is 9.79. The first-order valence-corrected chi connectivity index (χ1v) is 8.61. The molecular formula is C14H28IN3OS. The second-order valence-electron chi connectivity index (χ2n) is 5.45. The summed E-state index contributed by atoms with van der Waals surface area (Å²) in [6, 6.07) is 0. The van der Waals surface area contributed by atoms with Gasteiger partial charge in [0.25, 0.3) is 0 Å². The van der Waals surface area contributed by atoms with E-state index < -0.39 is 5.60 Å². The summed E-state index contributed by atoms with van der Waals surface area (Å²) in [5.41, 5.74) is -0.568. The fourth-order valence-electron chi connectivity index (χ4n) is 2.78. The van der Waals surface area contributed by atoms with Crippen molar-refractivity contribution in [3.63, 3.8) is 0 Å². The summed E-state index contributed by atoms with van der Waals surface area (Å²) >= 11 is 1.87. The van der Waals surface area contributed by atoms with E-state index in [2.05, 4.69) is 29.1 Å². The zero-order chi connectivity index (χ0) is 13.7. The average Bonchev–Trinajstić information content (AvgIpc) is 2.93. The number of aliphatic hydroxyl groups is 1. The summed E-state index contributed by atoms with van der Waals surface area (Å²) in [5.74, 6) is 2.06. The van der Waals surface area contributed by atoms with Crippen LogP contribution in [0, 0.1) is 0 Å². The summed E-state index contributed by atoms with van der Waals surface area (Å²) in [6.45, 7) is 7.87. The molecule has 0 spiro atoms. The van der Waals surface area contributed by atoms with Gasteiger partial charge < -0.3 is 15.3 Å². The van der Waals surface area contributed by atoms with Gasteiger partial charge in [-0.1, -0.05) is 6.92 Å². The molecule has 0 aromatic rings. The summed E-state index contributed by atoms with van der Waals surface area (Å²) in [7, 11) is 0. The second kappa shape index (κ2) is 8.68. The van der Waals surface area contributed by atoms with E-state index in [4.69, 9.17) is 0 Å². The monoisotopic (exact) mass is 413 g/mol. The van der Waals surface area contributed by atoms with Crippen LogP contribution < -0.4 is 5.32 Å². The minimum Gasteiger partial charge on any atom is -0.387 e. The fraction of sp³-hybridized carbons (Fsp3) is 0.929. The Morgan fingerprint density at radius 2 is 2.10 bits per heavy atom. The maximum Gasteiger partial charge on any atom is 0.194 e. The molecule has 6 heteroatoms. The van der Waals surface area contributed by atoms with Crippen LogP contribution in [-0.2, 0) is 0 Å². The van der Waals surface area contributed by atoms with Gasteiger partial charge in [-0.3, -0.25) is 4.99 Å². The maximum absolute atomic E-state index is 10.6. The van der Waals surface area contributed by atoms with E-state index in [1.54, 1.807) is 0 Å². The molecule has 20 heavy (non-hydrogen) atoms. The fourth-order valence-corrected chi connectivity index (χ4v) is 3.97. The van der Waals surface area contributed by atoms with Crippen LogP contribution in [0.3, 0.4) is 0 Å². The van der Waals surface area contributed by atoms with Gasteiger partial charge in [-0.05, 0) is 38.4 Å². The number of hydrogen-bond acceptors (Lipinski definition) is 3. The van der Waals surface area contributed by atoms with Gasteiger partial charge in [0.15, 0.2) is 5.96 Å². The minimum atomic E-state index is -0.568. The second-order valence-corrected chi connectivity index (χ2v) is 6.93. The van der Waals surface area contributed by atoms with Crippen molar-refractivity contribution in [3.8, 4) is 0 Å². The molecule has 2 aliphatic rings. The number of rotatable bonds is 5. The minimum absolute atomic E-state index is 0. The molecule has 1 saturated heterocycles. The standard InChI is InChI=1S/C14H27N3OS.HI/c1-3-15-13(17-9-5-6-10-17)16-11-14(18)8-7-12(14)19-4-2;/h12,18H,3-11H2,1-2H3,(H,15,16);1H. The van der Waals surface area contributed by atoms with Crippen molar-refractivity contribution < 1.29 is 5.11 Å². The SMILES string of the molecule is CCNC(=NCC1(O)CCC1SCC)N1CCCC1.I. The molecule has 2 N–H and O–H groups in total. The number of hydrogen-bond donors (Lipinski definition) is 2. The molecule has 0 bridgehead atoms. The van der Waals surface area contributed by atoms with E-state index in [0.29, 0.717) is 11.8 Å². The van der Waals surface area contributed by atoms with E-state index in [1.165, 1.54) is 12.8 Å². The molecule has 4 nitrogen and oxygen atoms in total. The van der Waals surface area contributed by atoms with Crippen molar-refractivity contribution in [3.05, 3.63) is 0 Å². The van der Waals surface area contributed by atoms with Crippen molar-refractivity contribution in [2.45, 2.75) is 50.4 Å². The third-order valence-corrected chi connectivity index (χ3v) is 5.46. The molecule has 1 saturated carbocycles. The smallest absolute Gasteiger partial charge is 0.194 e. The van der Waals surface area contributed by atoms with Crippen LogP contribution in [0.1, 0.15) is 39.5 Å². The Kier molecular flexibility index (Phi) is 7.97. The first-order valence-electron chi connectivity index (χ1n) is 7.57. The Balaban J connectivity index is 0.00000200. The number of guanidine groups is 1. The van der Waals surface area contributed by atoms with Gasteiger partial charge in [0.05, 0.1) is 12.1 Å². The van der Waals surface area contributed by atoms with Gasteiger partial charge in [-0.15, -0.1) is 24.0 Å². The highest BCUT2D eigenvalue weighted by Gasteiger charge is 2.45. The Morgan fingerprint density at radius 3 is 2.60 bits per heavy atom. The van der Waals surface area contributed by atoms with Crippen LogP contribution in [-0.4, -0.2) is 58.7 Å². The van der Waals surface area contributed by atoms with Crippen molar-refractivity contribution in [1.82, 2.24) is 10.2 Å². The maximum atomic E-state index is 10.6. The van der Waals surface area contributed by atoms with Crippen LogP contribution in [0.25, 0.3) is 0 Å². The zero-order valence-electron chi connectivity index (χ0n) is 12.6. The predicted molar refractivity (Wildman–Crippen MR) is 98.3 cm³/mol. The van der Waals surface area contributed by atoms with Crippen molar-refractivity contribution in [1.29, 1.82) is 0 Å². The van der Waals surface area contributed by atoms with E-state index in [9.17, 15) is 5.11 Å². The molecule has 1 aliphatic heterocycles. The molecule has 0 aromatic heterocycles. The van der Waals surface area contributed by atoms with Crippen LogP contribution in [0.2, 0.25) is 0 Å². The van der Waals surface area contributed by atoms with E-state index in [1.807, 2.05) is 11.8 Å². The number of likely N-dealkylation sites (tertiary alicyclic amines) is 1. The van der Waals surface area contributed by atoms with Crippen molar-refractivity contribution >= 4 is 41.7 Å². The first kappa shape index (κ1) is 18.4. The largest absolute Gasteiger partial charge is 0.387 e. The number of nitrogens with one attached hydrogen (secondary N) is 1. The Hall–Kier alpha value is 0.310. The lowest BCUT2D eigenvalue weighted by molar-refractivity contribution is -0.0156. The van der Waals surface area contributed by atoms with Crippen LogP contribution in [0.4, 0.5) is 0 Å². The van der Waals surface area contributed by atoms with E-state index >= 15 is 0 Å². The van der Waals surface area contributed by atoms with Gasteiger partial charge >= 0.3 is 0 Å². The quantitative estimate of drug-likeness (QED) is 0.413. The van der Waals surface area contributed by atoms with Gasteiger partial charge in [0.1, 0.15) is 0 Å². The van der Waals surface area contributed by atoms with Gasteiger partial charge in [0, 0.05) is 24.9 Å². The number of thioether (sulfide) groups is 1. The Bertz CT molecular complexity index is 324. The van der Waals surface area contributed by atoms with Crippen LogP contribution >= 0.6 is 35.7 Å². The molecule has 2 rings (SSSR count). The normalized spacial score (nSPS) is 29.9. The molecule has 1 aliphatic carbocycles.